The fourth-order valence-corrected chi connectivity index (χ4v) is 2.02. The van der Waals surface area contributed by atoms with Crippen LogP contribution < -0.4 is 10.5 Å². The van der Waals surface area contributed by atoms with Gasteiger partial charge in [0.15, 0.2) is 0 Å². The summed E-state index contributed by atoms with van der Waals surface area (Å²) in [7, 11) is -3.55. The number of nitrogens with zero attached hydrogens (tertiary/aromatic N) is 1. The Hall–Kier alpha value is -0.990. The third-order valence-electron chi connectivity index (χ3n) is 1.42. The maximum atomic E-state index is 11.3. The Morgan fingerprint density at radius 2 is 2.27 bits per heavy atom. The lowest BCUT2D eigenvalue weighted by Crippen LogP contribution is -2.29. The number of carbonyl (C=O) groups excluding carboxylic acids is 1. The molecule has 8 heteroatoms. The monoisotopic (exact) mass is 249 g/mol. The van der Waals surface area contributed by atoms with Crippen molar-refractivity contribution in [1.82, 2.24) is 9.71 Å². The molecule has 84 valence electrons. The molecule has 6 nitrogen and oxygen atoms in total. The van der Waals surface area contributed by atoms with E-state index in [1.54, 1.807) is 6.92 Å². The smallest absolute Gasteiger partial charge is 0.284 e. The average Bonchev–Trinajstić information content (AvgIpc) is 2.47. The number of nitrogens with two attached hydrogens (primary N) is 1. The van der Waals surface area contributed by atoms with E-state index in [2.05, 4.69) is 4.98 Å². The van der Waals surface area contributed by atoms with Crippen molar-refractivity contribution in [3.8, 4) is 0 Å². The largest absolute Gasteiger partial charge is 0.322 e. The maximum absolute atomic E-state index is 11.3. The molecule has 0 saturated heterocycles. The van der Waals surface area contributed by atoms with Gasteiger partial charge in [-0.05, 0) is 6.92 Å². The first-order valence-corrected chi connectivity index (χ1v) is 6.80. The lowest BCUT2D eigenvalue weighted by molar-refractivity contribution is 0.0977. The molecule has 0 aliphatic rings. The average molecular weight is 249 g/mol. The number of rotatable bonds is 3. The Morgan fingerprint density at radius 1 is 1.67 bits per heavy atom. The van der Waals surface area contributed by atoms with Crippen LogP contribution in [0.5, 0.6) is 0 Å². The SMILES string of the molecule is CC(N)c1nc(C(=O)NS(C)(=O)=O)cs1. The van der Waals surface area contributed by atoms with Crippen LogP contribution in [-0.4, -0.2) is 25.6 Å². The molecule has 1 atom stereocenters. The van der Waals surface area contributed by atoms with E-state index in [0.717, 1.165) is 6.26 Å². The zero-order valence-electron chi connectivity index (χ0n) is 8.22. The Balaban J connectivity index is 2.84. The number of carbonyl (C=O) groups is 1. The van der Waals surface area contributed by atoms with Gasteiger partial charge in [-0.3, -0.25) is 4.79 Å². The molecule has 0 radical (unpaired) electrons. The normalized spacial score (nSPS) is 13.5. The number of hydrogen-bond acceptors (Lipinski definition) is 6. The van der Waals surface area contributed by atoms with E-state index in [-0.39, 0.29) is 11.7 Å². The molecule has 1 aromatic heterocycles. The number of sulfonamides is 1. The van der Waals surface area contributed by atoms with Crippen LogP contribution in [0.1, 0.15) is 28.5 Å². The van der Waals surface area contributed by atoms with Gasteiger partial charge in [-0.15, -0.1) is 11.3 Å². The summed E-state index contributed by atoms with van der Waals surface area (Å²) in [6, 6.07) is -0.269. The number of aromatic nitrogens is 1. The first-order chi connectivity index (χ1) is 6.79. The van der Waals surface area contributed by atoms with Crippen molar-refractivity contribution in [2.75, 3.05) is 6.26 Å². The highest BCUT2D eigenvalue weighted by Crippen LogP contribution is 2.15. The van der Waals surface area contributed by atoms with Crippen molar-refractivity contribution in [2.24, 2.45) is 5.73 Å². The summed E-state index contributed by atoms with van der Waals surface area (Å²) in [5.41, 5.74) is 5.62. The molecule has 0 aliphatic heterocycles. The molecule has 1 rings (SSSR count). The standard InChI is InChI=1S/C7H11N3O3S2/c1-4(8)7-9-5(3-14-7)6(11)10-15(2,12)13/h3-4H,8H2,1-2H3,(H,10,11). The Bertz CT molecular complexity index is 464. The molecule has 1 aromatic rings. The molecule has 1 unspecified atom stereocenters. The van der Waals surface area contributed by atoms with Crippen LogP contribution in [0.2, 0.25) is 0 Å². The van der Waals surface area contributed by atoms with E-state index in [1.165, 1.54) is 16.7 Å². The summed E-state index contributed by atoms with van der Waals surface area (Å²) in [5.74, 6) is -0.736. The highest BCUT2D eigenvalue weighted by Gasteiger charge is 2.15. The van der Waals surface area contributed by atoms with Gasteiger partial charge in [0.25, 0.3) is 5.91 Å². The van der Waals surface area contributed by atoms with Gasteiger partial charge >= 0.3 is 0 Å². The lowest BCUT2D eigenvalue weighted by Gasteiger charge is -1.99. The second-order valence-corrected chi connectivity index (χ2v) is 5.70. The summed E-state index contributed by atoms with van der Waals surface area (Å²) in [6.07, 6.45) is 0.906. The third kappa shape index (κ3) is 3.57. The quantitative estimate of drug-likeness (QED) is 0.775. The van der Waals surface area contributed by atoms with E-state index < -0.39 is 15.9 Å². The summed E-state index contributed by atoms with van der Waals surface area (Å²) in [4.78, 5) is 15.2. The molecule has 1 heterocycles. The predicted octanol–water partition coefficient (Wildman–Crippen LogP) is -0.148. The minimum Gasteiger partial charge on any atom is -0.322 e. The van der Waals surface area contributed by atoms with Crippen LogP contribution in [0, 0.1) is 0 Å². The van der Waals surface area contributed by atoms with Crippen LogP contribution in [0.25, 0.3) is 0 Å². The van der Waals surface area contributed by atoms with Crippen molar-refractivity contribution in [1.29, 1.82) is 0 Å². The molecule has 0 fully saturated rings. The summed E-state index contributed by atoms with van der Waals surface area (Å²) >= 11 is 1.22. The summed E-state index contributed by atoms with van der Waals surface area (Å²) in [6.45, 7) is 1.73. The first kappa shape index (κ1) is 12.1. The highest BCUT2D eigenvalue weighted by molar-refractivity contribution is 7.89. The van der Waals surface area contributed by atoms with Gasteiger partial charge in [-0.2, -0.15) is 0 Å². The van der Waals surface area contributed by atoms with Crippen molar-refractivity contribution >= 4 is 27.3 Å². The van der Waals surface area contributed by atoms with Gasteiger partial charge in [0.1, 0.15) is 10.7 Å². The number of hydrogen-bond donors (Lipinski definition) is 2. The Labute approximate surface area is 91.6 Å². The van der Waals surface area contributed by atoms with E-state index >= 15 is 0 Å². The Kier molecular flexibility index (Phi) is 3.42. The topological polar surface area (TPSA) is 102 Å². The van der Waals surface area contributed by atoms with Crippen molar-refractivity contribution in [2.45, 2.75) is 13.0 Å². The van der Waals surface area contributed by atoms with Crippen LogP contribution in [-0.2, 0) is 10.0 Å². The molecule has 0 bridgehead atoms. The van der Waals surface area contributed by atoms with Crippen LogP contribution in [0.15, 0.2) is 5.38 Å². The van der Waals surface area contributed by atoms with Crippen molar-refractivity contribution < 1.29 is 13.2 Å². The third-order valence-corrected chi connectivity index (χ3v) is 3.02. The van der Waals surface area contributed by atoms with Gasteiger partial charge in [0, 0.05) is 5.38 Å². The Morgan fingerprint density at radius 3 is 2.67 bits per heavy atom. The van der Waals surface area contributed by atoms with Crippen LogP contribution in [0.3, 0.4) is 0 Å². The molecule has 3 N–H and O–H groups in total. The van der Waals surface area contributed by atoms with E-state index in [9.17, 15) is 13.2 Å². The number of amides is 1. The number of nitrogens with one attached hydrogen (secondary N) is 1. The second-order valence-electron chi connectivity index (χ2n) is 3.06. The first-order valence-electron chi connectivity index (χ1n) is 4.02. The van der Waals surface area contributed by atoms with Gasteiger partial charge in [0.2, 0.25) is 10.0 Å². The summed E-state index contributed by atoms with van der Waals surface area (Å²) in [5, 5.41) is 2.06. The fourth-order valence-electron chi connectivity index (χ4n) is 0.822. The highest BCUT2D eigenvalue weighted by atomic mass is 32.2. The van der Waals surface area contributed by atoms with Gasteiger partial charge < -0.3 is 5.73 Å². The fraction of sp³-hybridized carbons (Fsp3) is 0.429. The van der Waals surface area contributed by atoms with Gasteiger partial charge in [-0.25, -0.2) is 18.1 Å². The zero-order valence-corrected chi connectivity index (χ0v) is 9.85. The van der Waals surface area contributed by atoms with Crippen molar-refractivity contribution in [3.05, 3.63) is 16.1 Å². The van der Waals surface area contributed by atoms with E-state index in [0.29, 0.717) is 5.01 Å². The predicted molar refractivity (Wildman–Crippen MR) is 57.0 cm³/mol. The zero-order chi connectivity index (χ0) is 11.6. The lowest BCUT2D eigenvalue weighted by atomic mass is 10.4. The van der Waals surface area contributed by atoms with Crippen LogP contribution >= 0.6 is 11.3 Å². The number of thiazole rings is 1. The minimum atomic E-state index is -3.55. The molecule has 0 aromatic carbocycles. The van der Waals surface area contributed by atoms with Crippen molar-refractivity contribution in [3.63, 3.8) is 0 Å². The maximum Gasteiger partial charge on any atom is 0.284 e. The van der Waals surface area contributed by atoms with Gasteiger partial charge in [-0.1, -0.05) is 0 Å². The molecule has 0 aliphatic carbocycles. The second kappa shape index (κ2) is 4.25. The minimum absolute atomic E-state index is 0.0673. The molecular formula is C7H11N3O3S2. The molecular weight excluding hydrogens is 238 g/mol. The molecule has 0 saturated carbocycles. The summed E-state index contributed by atoms with van der Waals surface area (Å²) < 4.78 is 23.4. The van der Waals surface area contributed by atoms with E-state index in [4.69, 9.17) is 5.73 Å². The molecule has 0 spiro atoms. The van der Waals surface area contributed by atoms with E-state index in [1.807, 2.05) is 4.72 Å². The van der Waals surface area contributed by atoms with Gasteiger partial charge in [0.05, 0.1) is 12.3 Å². The molecule has 1 amide bonds. The molecule has 15 heavy (non-hydrogen) atoms. The van der Waals surface area contributed by atoms with Crippen LogP contribution in [0.4, 0.5) is 0 Å².